The van der Waals surface area contributed by atoms with Crippen LogP contribution in [0.1, 0.15) is 50.0 Å². The molecule has 0 aliphatic carbocycles. The number of benzene rings is 3. The van der Waals surface area contributed by atoms with Gasteiger partial charge in [-0.3, -0.25) is 4.90 Å². The number of fused-ring (bicyclic) bond motifs is 1. The summed E-state index contributed by atoms with van der Waals surface area (Å²) in [5.41, 5.74) is 4.86. The summed E-state index contributed by atoms with van der Waals surface area (Å²) in [5.74, 6) is 2.62. The Morgan fingerprint density at radius 3 is 2.51 bits per heavy atom. The molecule has 2 aliphatic heterocycles. The Labute approximate surface area is 207 Å². The molecule has 0 aromatic heterocycles. The summed E-state index contributed by atoms with van der Waals surface area (Å²) in [5, 5.41) is 20.2. The number of phenolic OH excluding ortho intramolecular Hbond substituents is 2. The predicted molar refractivity (Wildman–Crippen MR) is 139 cm³/mol. The SMILES string of the molecule is CC1=C(c2cccc(O)c2)[C@@H](c2ccc(OC[C@H](C)N3CC[C@@H](C)C3)cc2)Oc2cc(O)ccc21. The summed E-state index contributed by atoms with van der Waals surface area (Å²) < 4.78 is 12.6. The van der Waals surface area contributed by atoms with Gasteiger partial charge in [-0.15, -0.1) is 0 Å². The lowest BCUT2D eigenvalue weighted by atomic mass is 9.86. The molecular weight excluding hydrogens is 438 g/mol. The van der Waals surface area contributed by atoms with E-state index >= 15 is 0 Å². The van der Waals surface area contributed by atoms with Gasteiger partial charge in [-0.05, 0) is 85.8 Å². The molecule has 0 bridgehead atoms. The normalized spacial score (nSPS) is 20.9. The highest BCUT2D eigenvalue weighted by atomic mass is 16.5. The van der Waals surface area contributed by atoms with Gasteiger partial charge in [0.05, 0.1) is 0 Å². The van der Waals surface area contributed by atoms with Gasteiger partial charge in [0, 0.05) is 29.8 Å². The lowest BCUT2D eigenvalue weighted by Crippen LogP contribution is -2.35. The van der Waals surface area contributed by atoms with Crippen molar-refractivity contribution in [2.24, 2.45) is 5.92 Å². The molecule has 0 unspecified atom stereocenters. The van der Waals surface area contributed by atoms with Crippen LogP contribution in [0.5, 0.6) is 23.0 Å². The molecule has 35 heavy (non-hydrogen) atoms. The van der Waals surface area contributed by atoms with E-state index in [1.165, 1.54) is 6.42 Å². The number of aromatic hydroxyl groups is 2. The van der Waals surface area contributed by atoms with Crippen LogP contribution in [0.2, 0.25) is 0 Å². The molecule has 182 valence electrons. The monoisotopic (exact) mass is 471 g/mol. The first-order valence-electron chi connectivity index (χ1n) is 12.4. The summed E-state index contributed by atoms with van der Waals surface area (Å²) in [6.45, 7) is 9.53. The third kappa shape index (κ3) is 4.87. The molecule has 0 radical (unpaired) electrons. The maximum atomic E-state index is 10.1. The molecule has 5 rings (SSSR count). The van der Waals surface area contributed by atoms with Crippen LogP contribution in [0, 0.1) is 5.92 Å². The number of nitrogens with zero attached hydrogens (tertiary/aromatic N) is 1. The third-order valence-electron chi connectivity index (χ3n) is 7.19. The lowest BCUT2D eigenvalue weighted by molar-refractivity contribution is 0.169. The average molecular weight is 472 g/mol. The second kappa shape index (κ2) is 9.67. The second-order valence-electron chi connectivity index (χ2n) is 9.89. The first-order chi connectivity index (χ1) is 16.9. The van der Waals surface area contributed by atoms with Crippen molar-refractivity contribution >= 4 is 11.1 Å². The van der Waals surface area contributed by atoms with E-state index in [1.807, 2.05) is 42.5 Å². The van der Waals surface area contributed by atoms with E-state index in [9.17, 15) is 10.2 Å². The summed E-state index contributed by atoms with van der Waals surface area (Å²) in [7, 11) is 0. The number of phenols is 2. The maximum Gasteiger partial charge on any atom is 0.150 e. The third-order valence-corrected chi connectivity index (χ3v) is 7.19. The van der Waals surface area contributed by atoms with Crippen LogP contribution < -0.4 is 9.47 Å². The summed E-state index contributed by atoms with van der Waals surface area (Å²) in [6, 6.07) is 20.9. The smallest absolute Gasteiger partial charge is 0.150 e. The molecule has 0 amide bonds. The van der Waals surface area contributed by atoms with Gasteiger partial charge in [-0.2, -0.15) is 0 Å². The zero-order valence-corrected chi connectivity index (χ0v) is 20.6. The first kappa shape index (κ1) is 23.3. The van der Waals surface area contributed by atoms with Crippen LogP contribution >= 0.6 is 0 Å². The molecule has 0 spiro atoms. The Bertz CT molecular complexity index is 1230. The van der Waals surface area contributed by atoms with Crippen molar-refractivity contribution < 1.29 is 19.7 Å². The molecule has 1 fully saturated rings. The van der Waals surface area contributed by atoms with E-state index in [0.29, 0.717) is 18.4 Å². The Balaban J connectivity index is 1.41. The van der Waals surface area contributed by atoms with E-state index in [1.54, 1.807) is 24.3 Å². The lowest BCUT2D eigenvalue weighted by Gasteiger charge is -2.31. The van der Waals surface area contributed by atoms with Crippen LogP contribution in [-0.4, -0.2) is 40.9 Å². The molecule has 3 atom stereocenters. The fourth-order valence-electron chi connectivity index (χ4n) is 5.15. The number of allylic oxidation sites excluding steroid dienone is 1. The zero-order chi connectivity index (χ0) is 24.5. The van der Waals surface area contributed by atoms with Gasteiger partial charge in [0.1, 0.15) is 35.7 Å². The topological polar surface area (TPSA) is 62.2 Å². The number of ether oxygens (including phenoxy) is 2. The molecule has 2 aliphatic rings. The Kier molecular flexibility index (Phi) is 6.44. The van der Waals surface area contributed by atoms with E-state index < -0.39 is 0 Å². The number of likely N-dealkylation sites (tertiary alicyclic amines) is 1. The molecule has 0 saturated carbocycles. The van der Waals surface area contributed by atoms with Crippen LogP contribution in [0.4, 0.5) is 0 Å². The second-order valence-corrected chi connectivity index (χ2v) is 9.89. The number of rotatable bonds is 6. The van der Waals surface area contributed by atoms with Crippen molar-refractivity contribution in [3.05, 3.63) is 83.4 Å². The van der Waals surface area contributed by atoms with Crippen LogP contribution in [-0.2, 0) is 0 Å². The number of hydrogen-bond acceptors (Lipinski definition) is 5. The predicted octanol–water partition coefficient (Wildman–Crippen LogP) is 6.27. The minimum atomic E-state index is -0.384. The molecule has 5 nitrogen and oxygen atoms in total. The highest BCUT2D eigenvalue weighted by Gasteiger charge is 2.30. The zero-order valence-electron chi connectivity index (χ0n) is 20.6. The van der Waals surface area contributed by atoms with Crippen molar-refractivity contribution in [1.29, 1.82) is 0 Å². The molecular formula is C30H33NO4. The highest BCUT2D eigenvalue weighted by Crippen LogP contribution is 2.47. The van der Waals surface area contributed by atoms with Crippen molar-refractivity contribution in [2.45, 2.75) is 39.3 Å². The number of hydrogen-bond donors (Lipinski definition) is 2. The van der Waals surface area contributed by atoms with E-state index in [4.69, 9.17) is 9.47 Å². The Morgan fingerprint density at radius 1 is 1.03 bits per heavy atom. The van der Waals surface area contributed by atoms with Crippen molar-refractivity contribution in [3.8, 4) is 23.0 Å². The van der Waals surface area contributed by atoms with E-state index in [-0.39, 0.29) is 17.6 Å². The van der Waals surface area contributed by atoms with Gasteiger partial charge in [-0.1, -0.05) is 31.2 Å². The van der Waals surface area contributed by atoms with Crippen molar-refractivity contribution in [3.63, 3.8) is 0 Å². The van der Waals surface area contributed by atoms with Gasteiger partial charge in [-0.25, -0.2) is 0 Å². The highest BCUT2D eigenvalue weighted by molar-refractivity contribution is 5.95. The minimum Gasteiger partial charge on any atom is -0.508 e. The van der Waals surface area contributed by atoms with Crippen LogP contribution in [0.15, 0.2) is 66.7 Å². The van der Waals surface area contributed by atoms with Gasteiger partial charge in [0.15, 0.2) is 0 Å². The fourth-order valence-corrected chi connectivity index (χ4v) is 5.15. The summed E-state index contributed by atoms with van der Waals surface area (Å²) in [4.78, 5) is 2.50. The van der Waals surface area contributed by atoms with Gasteiger partial charge in [0.25, 0.3) is 0 Å². The fraction of sp³-hybridized carbons (Fsp3) is 0.333. The van der Waals surface area contributed by atoms with Crippen LogP contribution in [0.3, 0.4) is 0 Å². The summed E-state index contributed by atoms with van der Waals surface area (Å²) in [6.07, 6.45) is 0.876. The van der Waals surface area contributed by atoms with E-state index in [2.05, 4.69) is 25.7 Å². The molecule has 1 saturated heterocycles. The minimum absolute atomic E-state index is 0.168. The molecule has 2 N–H and O–H groups in total. The maximum absolute atomic E-state index is 10.1. The van der Waals surface area contributed by atoms with Gasteiger partial charge < -0.3 is 19.7 Å². The van der Waals surface area contributed by atoms with Crippen molar-refractivity contribution in [1.82, 2.24) is 4.90 Å². The van der Waals surface area contributed by atoms with E-state index in [0.717, 1.165) is 52.6 Å². The van der Waals surface area contributed by atoms with Gasteiger partial charge in [0.2, 0.25) is 0 Å². The standard InChI is InChI=1S/C30H33NO4/c1-19-13-14-31(17-19)20(2)18-34-26-10-7-22(8-11-26)30-29(23-5-4-6-24(32)15-23)21(3)27-12-9-25(33)16-28(27)35-30/h4-12,15-16,19-20,30,32-33H,13-14,17-18H2,1-3H3/t19-,20+,30-/m1/s1. The molecule has 2 heterocycles. The average Bonchev–Trinajstić information content (AvgIpc) is 3.29. The molecule has 3 aromatic carbocycles. The largest absolute Gasteiger partial charge is 0.508 e. The Hall–Kier alpha value is -3.44. The van der Waals surface area contributed by atoms with Gasteiger partial charge >= 0.3 is 0 Å². The summed E-state index contributed by atoms with van der Waals surface area (Å²) >= 11 is 0. The first-order valence-corrected chi connectivity index (χ1v) is 12.4. The Morgan fingerprint density at radius 2 is 1.80 bits per heavy atom. The quantitative estimate of drug-likeness (QED) is 0.444. The van der Waals surface area contributed by atoms with Crippen LogP contribution in [0.25, 0.3) is 11.1 Å². The van der Waals surface area contributed by atoms with Crippen molar-refractivity contribution in [2.75, 3.05) is 19.7 Å². The molecule has 5 heteroatoms. The molecule has 3 aromatic rings.